The van der Waals surface area contributed by atoms with Gasteiger partial charge in [0, 0.05) is 12.1 Å². The number of aromatic nitrogens is 5. The number of carbonyl (C=O) groups excluding carboxylic acids is 1. The van der Waals surface area contributed by atoms with Crippen LogP contribution in [-0.4, -0.2) is 35.8 Å². The predicted octanol–water partition coefficient (Wildman–Crippen LogP) is 2.16. The van der Waals surface area contributed by atoms with Crippen molar-refractivity contribution < 1.29 is 9.90 Å². The van der Waals surface area contributed by atoms with Crippen LogP contribution in [0.3, 0.4) is 0 Å². The number of nitrogens with zero attached hydrogens (tertiary/aromatic N) is 5. The number of hydrogen-bond donors (Lipinski definition) is 2. The van der Waals surface area contributed by atoms with Gasteiger partial charge < -0.3 is 10.4 Å². The molecule has 1 aromatic carbocycles. The molecule has 0 saturated carbocycles. The molecule has 0 saturated heterocycles. The SMILES string of the molecule is O=C(NCc1cn(-c2ccc(-n3nc(O)ccc3=O)cc2)nn1)c1ccc(Cl)s1. The van der Waals surface area contributed by atoms with Crippen molar-refractivity contribution in [3.05, 3.63) is 80.0 Å². The van der Waals surface area contributed by atoms with Crippen LogP contribution in [0.2, 0.25) is 4.34 Å². The molecule has 0 aliphatic rings. The van der Waals surface area contributed by atoms with E-state index in [4.69, 9.17) is 11.6 Å². The first-order valence-corrected chi connectivity index (χ1v) is 9.54. The number of amides is 1. The highest BCUT2D eigenvalue weighted by atomic mass is 35.5. The van der Waals surface area contributed by atoms with Crippen LogP contribution < -0.4 is 10.9 Å². The summed E-state index contributed by atoms with van der Waals surface area (Å²) in [5, 5.41) is 24.1. The summed E-state index contributed by atoms with van der Waals surface area (Å²) >= 11 is 7.04. The first kappa shape index (κ1) is 18.8. The van der Waals surface area contributed by atoms with E-state index in [1.165, 1.54) is 23.5 Å². The average Bonchev–Trinajstić information content (AvgIpc) is 3.37. The Kier molecular flexibility index (Phi) is 5.10. The lowest BCUT2D eigenvalue weighted by molar-refractivity contribution is 0.0954. The normalized spacial score (nSPS) is 10.8. The van der Waals surface area contributed by atoms with Crippen molar-refractivity contribution in [3.8, 4) is 17.3 Å². The van der Waals surface area contributed by atoms with E-state index in [2.05, 4.69) is 20.7 Å². The first-order chi connectivity index (χ1) is 14.0. The minimum Gasteiger partial charge on any atom is -0.492 e. The molecule has 11 heteroatoms. The molecule has 3 aromatic heterocycles. The summed E-state index contributed by atoms with van der Waals surface area (Å²) in [5.41, 5.74) is 1.42. The number of carbonyl (C=O) groups is 1. The van der Waals surface area contributed by atoms with E-state index in [0.717, 1.165) is 4.68 Å². The molecule has 0 bridgehead atoms. The third-order valence-electron chi connectivity index (χ3n) is 3.91. The summed E-state index contributed by atoms with van der Waals surface area (Å²) in [4.78, 5) is 24.5. The molecule has 29 heavy (non-hydrogen) atoms. The monoisotopic (exact) mass is 428 g/mol. The lowest BCUT2D eigenvalue weighted by Crippen LogP contribution is -2.21. The van der Waals surface area contributed by atoms with Crippen LogP contribution in [0.5, 0.6) is 5.88 Å². The molecule has 3 heterocycles. The molecule has 0 spiro atoms. The maximum Gasteiger partial charge on any atom is 0.271 e. The fourth-order valence-corrected chi connectivity index (χ4v) is 3.49. The number of nitrogens with one attached hydrogen (secondary N) is 1. The van der Waals surface area contributed by atoms with Gasteiger partial charge in [-0.25, -0.2) is 4.68 Å². The van der Waals surface area contributed by atoms with Gasteiger partial charge in [-0.15, -0.1) is 21.5 Å². The summed E-state index contributed by atoms with van der Waals surface area (Å²) in [7, 11) is 0. The van der Waals surface area contributed by atoms with Gasteiger partial charge in [0.05, 0.1) is 33.3 Å². The summed E-state index contributed by atoms with van der Waals surface area (Å²) < 4.78 is 3.19. The molecule has 0 fully saturated rings. The van der Waals surface area contributed by atoms with E-state index in [0.29, 0.717) is 26.3 Å². The van der Waals surface area contributed by atoms with Crippen molar-refractivity contribution in [1.29, 1.82) is 0 Å². The van der Waals surface area contributed by atoms with Gasteiger partial charge in [-0.05, 0) is 36.4 Å². The van der Waals surface area contributed by atoms with Crippen LogP contribution in [0.4, 0.5) is 0 Å². The highest BCUT2D eigenvalue weighted by Crippen LogP contribution is 2.21. The smallest absolute Gasteiger partial charge is 0.271 e. The summed E-state index contributed by atoms with van der Waals surface area (Å²) in [6.07, 6.45) is 1.69. The van der Waals surface area contributed by atoms with Gasteiger partial charge in [0.2, 0.25) is 5.88 Å². The van der Waals surface area contributed by atoms with Crippen molar-refractivity contribution in [2.75, 3.05) is 0 Å². The second kappa shape index (κ2) is 7.86. The predicted molar refractivity (Wildman–Crippen MR) is 107 cm³/mol. The van der Waals surface area contributed by atoms with E-state index in [1.807, 2.05) is 0 Å². The number of rotatable bonds is 5. The van der Waals surface area contributed by atoms with Crippen molar-refractivity contribution in [2.45, 2.75) is 6.54 Å². The lowest BCUT2D eigenvalue weighted by atomic mass is 10.3. The molecule has 9 nitrogen and oxygen atoms in total. The molecule has 146 valence electrons. The molecule has 0 aliphatic carbocycles. The Balaban J connectivity index is 1.46. The largest absolute Gasteiger partial charge is 0.492 e. The van der Waals surface area contributed by atoms with Crippen molar-refractivity contribution in [1.82, 2.24) is 30.1 Å². The molecule has 0 unspecified atom stereocenters. The quantitative estimate of drug-likeness (QED) is 0.503. The highest BCUT2D eigenvalue weighted by molar-refractivity contribution is 7.17. The van der Waals surface area contributed by atoms with Gasteiger partial charge in [0.15, 0.2) is 0 Å². The minimum absolute atomic E-state index is 0.217. The second-order valence-corrected chi connectivity index (χ2v) is 7.61. The molecule has 0 atom stereocenters. The van der Waals surface area contributed by atoms with Gasteiger partial charge >= 0.3 is 0 Å². The van der Waals surface area contributed by atoms with Gasteiger partial charge in [0.1, 0.15) is 5.69 Å². The Bertz CT molecular complexity index is 1230. The van der Waals surface area contributed by atoms with Gasteiger partial charge in [-0.2, -0.15) is 4.68 Å². The van der Waals surface area contributed by atoms with Crippen LogP contribution in [-0.2, 0) is 6.54 Å². The van der Waals surface area contributed by atoms with E-state index in [-0.39, 0.29) is 23.9 Å². The maximum absolute atomic E-state index is 12.1. The zero-order valence-electron chi connectivity index (χ0n) is 14.7. The zero-order chi connectivity index (χ0) is 20.4. The summed E-state index contributed by atoms with van der Waals surface area (Å²) in [6, 6.07) is 12.6. The summed E-state index contributed by atoms with van der Waals surface area (Å²) in [5.74, 6) is -0.480. The Morgan fingerprint density at radius 3 is 2.59 bits per heavy atom. The molecular formula is C18H13ClN6O3S. The first-order valence-electron chi connectivity index (χ1n) is 8.34. The fourth-order valence-electron chi connectivity index (χ4n) is 2.53. The molecule has 0 radical (unpaired) electrons. The Labute approximate surface area is 172 Å². The van der Waals surface area contributed by atoms with Crippen LogP contribution >= 0.6 is 22.9 Å². The number of thiophene rings is 1. The van der Waals surface area contributed by atoms with Gasteiger partial charge in [0.25, 0.3) is 11.5 Å². The van der Waals surface area contributed by atoms with Crippen LogP contribution in [0, 0.1) is 0 Å². The lowest BCUT2D eigenvalue weighted by Gasteiger charge is -2.05. The van der Waals surface area contributed by atoms with E-state index in [1.54, 1.807) is 47.3 Å². The third-order valence-corrected chi connectivity index (χ3v) is 5.14. The Morgan fingerprint density at radius 2 is 1.86 bits per heavy atom. The zero-order valence-corrected chi connectivity index (χ0v) is 16.3. The number of halogens is 1. The standard InChI is InChI=1S/C18H13ClN6O3S/c19-15-6-5-14(29-15)18(28)20-9-11-10-24(23-21-11)12-1-3-13(4-2-12)25-17(27)8-7-16(26)22-25/h1-8,10H,9H2,(H,20,28)(H,22,26). The summed E-state index contributed by atoms with van der Waals surface area (Å²) in [6.45, 7) is 0.217. The highest BCUT2D eigenvalue weighted by Gasteiger charge is 2.10. The fraction of sp³-hybridized carbons (Fsp3) is 0.0556. The van der Waals surface area contributed by atoms with E-state index in [9.17, 15) is 14.7 Å². The molecule has 4 rings (SSSR count). The van der Waals surface area contributed by atoms with E-state index < -0.39 is 0 Å². The van der Waals surface area contributed by atoms with Crippen LogP contribution in [0.15, 0.2) is 59.5 Å². The second-order valence-electron chi connectivity index (χ2n) is 5.90. The minimum atomic E-state index is -0.360. The number of hydrogen-bond acceptors (Lipinski definition) is 7. The van der Waals surface area contributed by atoms with Crippen molar-refractivity contribution in [3.63, 3.8) is 0 Å². The maximum atomic E-state index is 12.1. The van der Waals surface area contributed by atoms with Crippen molar-refractivity contribution in [2.24, 2.45) is 0 Å². The molecular weight excluding hydrogens is 416 g/mol. The number of aromatic hydroxyl groups is 1. The Morgan fingerprint density at radius 1 is 1.10 bits per heavy atom. The van der Waals surface area contributed by atoms with Crippen molar-refractivity contribution >= 4 is 28.8 Å². The number of benzene rings is 1. The Hall–Kier alpha value is -3.50. The van der Waals surface area contributed by atoms with Gasteiger partial charge in [-0.3, -0.25) is 9.59 Å². The van der Waals surface area contributed by atoms with Gasteiger partial charge in [-0.1, -0.05) is 16.8 Å². The van der Waals surface area contributed by atoms with Crippen LogP contribution in [0.25, 0.3) is 11.4 Å². The molecule has 4 aromatic rings. The molecule has 0 aliphatic heterocycles. The third kappa shape index (κ3) is 4.18. The average molecular weight is 429 g/mol. The topological polar surface area (TPSA) is 115 Å². The molecule has 2 N–H and O–H groups in total. The van der Waals surface area contributed by atoms with Crippen LogP contribution in [0.1, 0.15) is 15.4 Å². The van der Waals surface area contributed by atoms with E-state index >= 15 is 0 Å². The molecule has 1 amide bonds.